The lowest BCUT2D eigenvalue weighted by atomic mass is 10.1. The van der Waals surface area contributed by atoms with E-state index in [0.717, 1.165) is 30.8 Å². The summed E-state index contributed by atoms with van der Waals surface area (Å²) in [6.45, 7) is 4.54. The van der Waals surface area contributed by atoms with Crippen LogP contribution in [0.2, 0.25) is 0 Å². The van der Waals surface area contributed by atoms with E-state index in [4.69, 9.17) is 0 Å². The van der Waals surface area contributed by atoms with E-state index < -0.39 is 0 Å². The fourth-order valence-corrected chi connectivity index (χ4v) is 3.26. The normalized spacial score (nSPS) is 25.0. The molecule has 1 aromatic rings. The van der Waals surface area contributed by atoms with Crippen LogP contribution in [0, 0.1) is 6.92 Å². The molecule has 116 valence electrons. The van der Waals surface area contributed by atoms with E-state index >= 15 is 0 Å². The third-order valence-corrected chi connectivity index (χ3v) is 4.39. The minimum Gasteiger partial charge on any atom is -0.325 e. The molecule has 0 saturated carbocycles. The zero-order valence-corrected chi connectivity index (χ0v) is 13.3. The van der Waals surface area contributed by atoms with Crippen molar-refractivity contribution in [3.63, 3.8) is 0 Å². The van der Waals surface area contributed by atoms with Crippen molar-refractivity contribution in [3.05, 3.63) is 29.8 Å². The second-order valence-corrected chi connectivity index (χ2v) is 6.02. The van der Waals surface area contributed by atoms with Crippen LogP contribution >= 0.6 is 12.4 Å². The van der Waals surface area contributed by atoms with Crippen LogP contribution in [0.3, 0.4) is 0 Å². The Labute approximate surface area is 132 Å². The van der Waals surface area contributed by atoms with Crippen LogP contribution in [-0.2, 0) is 4.79 Å². The largest absolute Gasteiger partial charge is 0.325 e. The minimum atomic E-state index is 0. The summed E-state index contributed by atoms with van der Waals surface area (Å²) < 4.78 is 0. The van der Waals surface area contributed by atoms with Crippen LogP contribution in [0.5, 0.6) is 0 Å². The summed E-state index contributed by atoms with van der Waals surface area (Å²) in [6, 6.07) is 9.17. The van der Waals surface area contributed by atoms with Gasteiger partial charge in [0.15, 0.2) is 0 Å². The Bertz CT molecular complexity index is 494. The number of para-hydroxylation sites is 1. The molecule has 5 heteroatoms. The molecule has 2 aliphatic rings. The van der Waals surface area contributed by atoms with Crippen LogP contribution in [0.15, 0.2) is 24.3 Å². The highest BCUT2D eigenvalue weighted by Gasteiger charge is 2.29. The van der Waals surface area contributed by atoms with E-state index in [1.165, 1.54) is 12.8 Å². The van der Waals surface area contributed by atoms with Crippen molar-refractivity contribution in [2.45, 2.75) is 38.3 Å². The Hall–Kier alpha value is -1.10. The molecule has 0 aliphatic carbocycles. The van der Waals surface area contributed by atoms with Gasteiger partial charge in [0.2, 0.25) is 5.91 Å². The first-order chi connectivity index (χ1) is 9.70. The van der Waals surface area contributed by atoms with E-state index in [1.807, 2.05) is 31.2 Å². The number of anilines is 1. The van der Waals surface area contributed by atoms with E-state index in [0.29, 0.717) is 18.6 Å². The lowest BCUT2D eigenvalue weighted by Crippen LogP contribution is -2.39. The van der Waals surface area contributed by atoms with Gasteiger partial charge in [-0.3, -0.25) is 9.69 Å². The number of carbonyl (C=O) groups is 1. The number of hydrogen-bond acceptors (Lipinski definition) is 3. The molecule has 2 N–H and O–H groups in total. The van der Waals surface area contributed by atoms with Gasteiger partial charge in [-0.1, -0.05) is 18.2 Å². The van der Waals surface area contributed by atoms with E-state index in [1.54, 1.807) is 0 Å². The molecule has 2 fully saturated rings. The first-order valence-corrected chi connectivity index (χ1v) is 7.54. The summed E-state index contributed by atoms with van der Waals surface area (Å²) in [5, 5.41) is 6.66. The van der Waals surface area contributed by atoms with Crippen molar-refractivity contribution in [1.29, 1.82) is 0 Å². The molecule has 1 aromatic carbocycles. The topological polar surface area (TPSA) is 44.4 Å². The van der Waals surface area contributed by atoms with Gasteiger partial charge in [-0.05, 0) is 37.8 Å². The lowest BCUT2D eigenvalue weighted by Gasteiger charge is -2.23. The average Bonchev–Trinajstić information content (AvgIpc) is 2.76. The van der Waals surface area contributed by atoms with Gasteiger partial charge in [0.1, 0.15) is 0 Å². The Morgan fingerprint density at radius 3 is 2.86 bits per heavy atom. The Balaban J connectivity index is 0.00000161. The summed E-state index contributed by atoms with van der Waals surface area (Å²) in [4.78, 5) is 14.5. The molecule has 21 heavy (non-hydrogen) atoms. The number of aryl methyl sites for hydroxylation is 1. The zero-order valence-electron chi connectivity index (χ0n) is 12.5. The van der Waals surface area contributed by atoms with Crippen molar-refractivity contribution in [2.24, 2.45) is 0 Å². The van der Waals surface area contributed by atoms with Crippen molar-refractivity contribution in [1.82, 2.24) is 10.2 Å². The third-order valence-electron chi connectivity index (χ3n) is 4.39. The number of halogens is 1. The van der Waals surface area contributed by atoms with Crippen molar-refractivity contribution < 1.29 is 4.79 Å². The molecule has 0 aromatic heterocycles. The van der Waals surface area contributed by atoms with E-state index in [9.17, 15) is 4.79 Å². The molecule has 2 bridgehead atoms. The second-order valence-electron chi connectivity index (χ2n) is 6.02. The second kappa shape index (κ2) is 7.25. The summed E-state index contributed by atoms with van der Waals surface area (Å²) in [6.07, 6.45) is 3.71. The van der Waals surface area contributed by atoms with E-state index in [2.05, 4.69) is 15.5 Å². The van der Waals surface area contributed by atoms with Gasteiger partial charge in [0.25, 0.3) is 0 Å². The van der Waals surface area contributed by atoms with Gasteiger partial charge in [-0.2, -0.15) is 0 Å². The summed E-state index contributed by atoms with van der Waals surface area (Å²) in [7, 11) is 0. The van der Waals surface area contributed by atoms with Gasteiger partial charge in [0, 0.05) is 30.9 Å². The maximum atomic E-state index is 12.2. The Morgan fingerprint density at radius 1 is 1.29 bits per heavy atom. The first kappa shape index (κ1) is 16.3. The molecule has 3 rings (SSSR count). The molecular formula is C16H24ClN3O. The quantitative estimate of drug-likeness (QED) is 0.899. The fraction of sp³-hybridized carbons (Fsp3) is 0.562. The molecule has 0 spiro atoms. The van der Waals surface area contributed by atoms with Crippen LogP contribution in [0.25, 0.3) is 0 Å². The molecule has 2 unspecified atom stereocenters. The number of rotatable bonds is 3. The number of fused-ring (bicyclic) bond motifs is 2. The third kappa shape index (κ3) is 4.19. The number of likely N-dealkylation sites (tertiary alicyclic amines) is 1. The summed E-state index contributed by atoms with van der Waals surface area (Å²) in [5.74, 6) is 0.0945. The number of nitrogens with zero attached hydrogens (tertiary/aromatic N) is 1. The van der Waals surface area contributed by atoms with Crippen molar-refractivity contribution >= 4 is 24.0 Å². The molecule has 2 saturated heterocycles. The molecule has 2 aliphatic heterocycles. The minimum absolute atomic E-state index is 0. The lowest BCUT2D eigenvalue weighted by molar-refractivity contribution is -0.117. The van der Waals surface area contributed by atoms with Gasteiger partial charge in [-0.15, -0.1) is 12.4 Å². The number of carbonyl (C=O) groups excluding carboxylic acids is 1. The summed E-state index contributed by atoms with van der Waals surface area (Å²) >= 11 is 0. The predicted octanol–water partition coefficient (Wildman–Crippen LogP) is 2.18. The van der Waals surface area contributed by atoms with Gasteiger partial charge in [0.05, 0.1) is 6.54 Å². The van der Waals surface area contributed by atoms with Crippen LogP contribution in [0.4, 0.5) is 5.69 Å². The molecular weight excluding hydrogens is 286 g/mol. The average molecular weight is 310 g/mol. The molecule has 2 atom stereocenters. The van der Waals surface area contributed by atoms with Crippen molar-refractivity contribution in [2.75, 3.05) is 25.0 Å². The predicted molar refractivity (Wildman–Crippen MR) is 88.1 cm³/mol. The smallest absolute Gasteiger partial charge is 0.238 e. The van der Waals surface area contributed by atoms with Crippen LogP contribution in [-0.4, -0.2) is 42.5 Å². The first-order valence-electron chi connectivity index (χ1n) is 7.54. The number of amides is 1. The highest BCUT2D eigenvalue weighted by atomic mass is 35.5. The summed E-state index contributed by atoms with van der Waals surface area (Å²) in [5.41, 5.74) is 2.03. The molecule has 0 radical (unpaired) electrons. The zero-order chi connectivity index (χ0) is 13.9. The molecule has 4 nitrogen and oxygen atoms in total. The van der Waals surface area contributed by atoms with Gasteiger partial charge in [-0.25, -0.2) is 0 Å². The van der Waals surface area contributed by atoms with E-state index in [-0.39, 0.29) is 18.3 Å². The molecule has 2 heterocycles. The Kier molecular flexibility index (Phi) is 5.62. The van der Waals surface area contributed by atoms with Gasteiger partial charge >= 0.3 is 0 Å². The van der Waals surface area contributed by atoms with Crippen LogP contribution in [0.1, 0.15) is 24.8 Å². The number of benzene rings is 1. The monoisotopic (exact) mass is 309 g/mol. The van der Waals surface area contributed by atoms with Gasteiger partial charge < -0.3 is 10.6 Å². The number of hydrogen-bond donors (Lipinski definition) is 2. The SMILES string of the molecule is Cc1ccccc1NC(=O)CN1CCC2CCC(C1)N2.Cl. The standard InChI is InChI=1S/C16H23N3O.ClH/c1-12-4-2-3-5-15(12)18-16(20)11-19-9-8-13-6-7-14(10-19)17-13;/h2-5,13-14,17H,6-11H2,1H3,(H,18,20);1H. The molecule has 1 amide bonds. The Morgan fingerprint density at radius 2 is 2.05 bits per heavy atom. The maximum Gasteiger partial charge on any atom is 0.238 e. The highest BCUT2D eigenvalue weighted by Crippen LogP contribution is 2.20. The number of nitrogens with one attached hydrogen (secondary N) is 2. The van der Waals surface area contributed by atoms with Crippen LogP contribution < -0.4 is 10.6 Å². The maximum absolute atomic E-state index is 12.2. The van der Waals surface area contributed by atoms with Crippen molar-refractivity contribution in [3.8, 4) is 0 Å². The fourth-order valence-electron chi connectivity index (χ4n) is 3.26. The highest BCUT2D eigenvalue weighted by molar-refractivity contribution is 5.92.